The van der Waals surface area contributed by atoms with Crippen LogP contribution < -0.4 is 0 Å². The number of aliphatic hydroxyl groups is 1. The zero-order valence-electron chi connectivity index (χ0n) is 22.6. The van der Waals surface area contributed by atoms with Crippen molar-refractivity contribution in [2.75, 3.05) is 19.8 Å². The molecule has 0 aliphatic heterocycles. The van der Waals surface area contributed by atoms with Crippen molar-refractivity contribution in [1.29, 1.82) is 0 Å². The van der Waals surface area contributed by atoms with Gasteiger partial charge in [-0.3, -0.25) is 19.2 Å². The molecule has 4 aliphatic carbocycles. The number of rotatable bonds is 8. The van der Waals surface area contributed by atoms with Gasteiger partial charge in [0.2, 0.25) is 5.78 Å². The summed E-state index contributed by atoms with van der Waals surface area (Å²) < 4.78 is 16.5. The SMILES string of the molecule is CCOCCC(=O)O[C@]1(C(=O)COC(C)=O)CC[C@H]2[C@@H]3C[C@H](C)C4=CC(=O)C=C[C@]4(C)[C@H]3[C@@H](O)C[C@@]21C. The quantitative estimate of drug-likeness (QED) is 0.386. The van der Waals surface area contributed by atoms with Crippen molar-refractivity contribution in [3.05, 3.63) is 23.8 Å². The van der Waals surface area contributed by atoms with Crippen molar-refractivity contribution < 1.29 is 38.5 Å². The monoisotopic (exact) mass is 516 g/mol. The molecule has 4 rings (SSSR count). The fourth-order valence-electron chi connectivity index (χ4n) is 8.25. The van der Waals surface area contributed by atoms with E-state index < -0.39 is 46.9 Å². The maximum absolute atomic E-state index is 13.7. The third-order valence-corrected chi connectivity index (χ3v) is 9.74. The molecule has 0 amide bonds. The van der Waals surface area contributed by atoms with Gasteiger partial charge in [0, 0.05) is 30.3 Å². The lowest BCUT2D eigenvalue weighted by Crippen LogP contribution is -2.63. The van der Waals surface area contributed by atoms with Gasteiger partial charge < -0.3 is 19.3 Å². The Balaban J connectivity index is 1.71. The van der Waals surface area contributed by atoms with Gasteiger partial charge in [-0.05, 0) is 62.5 Å². The van der Waals surface area contributed by atoms with E-state index in [4.69, 9.17) is 14.2 Å². The maximum atomic E-state index is 13.7. The van der Waals surface area contributed by atoms with Crippen molar-refractivity contribution in [2.45, 2.75) is 78.4 Å². The smallest absolute Gasteiger partial charge is 0.309 e. The van der Waals surface area contributed by atoms with Gasteiger partial charge in [0.25, 0.3) is 0 Å². The topological polar surface area (TPSA) is 116 Å². The van der Waals surface area contributed by atoms with Gasteiger partial charge in [0.05, 0.1) is 19.1 Å². The molecule has 4 aliphatic rings. The largest absolute Gasteiger partial charge is 0.458 e. The van der Waals surface area contributed by atoms with Crippen LogP contribution in [0.4, 0.5) is 0 Å². The Hall–Kier alpha value is -2.32. The highest BCUT2D eigenvalue weighted by Crippen LogP contribution is 2.68. The Kier molecular flexibility index (Phi) is 7.56. The fourth-order valence-corrected chi connectivity index (χ4v) is 8.25. The van der Waals surface area contributed by atoms with E-state index in [1.54, 1.807) is 12.2 Å². The average molecular weight is 517 g/mol. The first-order chi connectivity index (χ1) is 17.4. The molecule has 0 unspecified atom stereocenters. The number of allylic oxidation sites excluding steroid dienone is 4. The Morgan fingerprint density at radius 2 is 1.95 bits per heavy atom. The first kappa shape index (κ1) is 27.7. The molecule has 0 aromatic rings. The molecule has 3 fully saturated rings. The minimum atomic E-state index is -1.50. The highest BCUT2D eigenvalue weighted by atomic mass is 16.6. The van der Waals surface area contributed by atoms with Crippen LogP contribution in [-0.2, 0) is 33.4 Å². The second-order valence-electron chi connectivity index (χ2n) is 11.7. The third kappa shape index (κ3) is 4.50. The van der Waals surface area contributed by atoms with E-state index in [1.807, 2.05) is 19.9 Å². The predicted octanol–water partition coefficient (Wildman–Crippen LogP) is 3.35. The summed E-state index contributed by atoms with van der Waals surface area (Å²) in [6.45, 7) is 9.41. The number of hydrogen-bond donors (Lipinski definition) is 1. The Bertz CT molecular complexity index is 1030. The first-order valence-corrected chi connectivity index (χ1v) is 13.5. The molecule has 8 nitrogen and oxygen atoms in total. The van der Waals surface area contributed by atoms with Crippen LogP contribution in [0.25, 0.3) is 0 Å². The van der Waals surface area contributed by atoms with E-state index in [0.717, 1.165) is 12.0 Å². The summed E-state index contributed by atoms with van der Waals surface area (Å²) in [4.78, 5) is 50.4. The van der Waals surface area contributed by atoms with Crippen LogP contribution in [-0.4, -0.2) is 60.1 Å². The molecule has 1 N–H and O–H groups in total. The van der Waals surface area contributed by atoms with Crippen molar-refractivity contribution in [3.8, 4) is 0 Å². The molecule has 8 heteroatoms. The average Bonchev–Trinajstić information content (AvgIpc) is 3.11. The number of Topliss-reactive ketones (excluding diaryl/α,β-unsaturated/α-hetero) is 1. The minimum Gasteiger partial charge on any atom is -0.458 e. The lowest BCUT2D eigenvalue weighted by Gasteiger charge is -2.61. The number of hydrogen-bond acceptors (Lipinski definition) is 8. The summed E-state index contributed by atoms with van der Waals surface area (Å²) in [6.07, 6.45) is 6.51. The van der Waals surface area contributed by atoms with Crippen LogP contribution in [0.1, 0.15) is 66.7 Å². The van der Waals surface area contributed by atoms with E-state index in [1.165, 1.54) is 6.92 Å². The summed E-state index contributed by atoms with van der Waals surface area (Å²) in [5, 5.41) is 11.7. The summed E-state index contributed by atoms with van der Waals surface area (Å²) in [5.74, 6) is -1.50. The van der Waals surface area contributed by atoms with Crippen molar-refractivity contribution in [2.24, 2.45) is 34.5 Å². The molecule has 204 valence electrons. The highest BCUT2D eigenvalue weighted by Gasteiger charge is 2.70. The van der Waals surface area contributed by atoms with Crippen molar-refractivity contribution >= 4 is 23.5 Å². The number of ether oxygens (including phenoxy) is 3. The number of aliphatic hydroxyl groups excluding tert-OH is 1. The van der Waals surface area contributed by atoms with Gasteiger partial charge in [0.1, 0.15) is 0 Å². The van der Waals surface area contributed by atoms with Gasteiger partial charge in [-0.1, -0.05) is 32.4 Å². The lowest BCUT2D eigenvalue weighted by atomic mass is 9.44. The Labute approximate surface area is 218 Å². The zero-order valence-corrected chi connectivity index (χ0v) is 22.6. The van der Waals surface area contributed by atoms with Crippen LogP contribution in [0.5, 0.6) is 0 Å². The number of esters is 2. The maximum Gasteiger partial charge on any atom is 0.309 e. The number of ketones is 2. The molecular formula is C29H40O8. The van der Waals surface area contributed by atoms with Crippen LogP contribution >= 0.6 is 0 Å². The number of carbonyl (C=O) groups is 4. The normalized spacial score (nSPS) is 40.2. The van der Waals surface area contributed by atoms with Crippen LogP contribution in [0.3, 0.4) is 0 Å². The minimum absolute atomic E-state index is 0.00781. The summed E-state index contributed by atoms with van der Waals surface area (Å²) in [5.41, 5.74) is -1.74. The van der Waals surface area contributed by atoms with Crippen LogP contribution in [0, 0.1) is 34.5 Å². The molecule has 0 aromatic carbocycles. The summed E-state index contributed by atoms with van der Waals surface area (Å²) >= 11 is 0. The van der Waals surface area contributed by atoms with Gasteiger partial charge >= 0.3 is 11.9 Å². The standard InChI is InChI=1S/C29H40O8/c1-6-35-12-9-25(34)37-29(24(33)16-36-18(3)30)11-8-21-20-13-17(2)22-14-19(31)7-10-27(22,4)26(20)23(32)15-28(21,29)5/h7,10,14,17,20-21,23,26,32H,6,8-9,11-13,15-16H2,1-5H3/t17-,20-,21-,23-,26+,27-,28-,29-/m0/s1. The van der Waals surface area contributed by atoms with E-state index in [9.17, 15) is 24.3 Å². The van der Waals surface area contributed by atoms with E-state index in [0.29, 0.717) is 19.4 Å². The van der Waals surface area contributed by atoms with E-state index >= 15 is 0 Å². The Morgan fingerprint density at radius 1 is 1.22 bits per heavy atom. The second kappa shape index (κ2) is 10.1. The van der Waals surface area contributed by atoms with Crippen molar-refractivity contribution in [3.63, 3.8) is 0 Å². The number of fused-ring (bicyclic) bond motifs is 5. The number of carbonyl (C=O) groups excluding carboxylic acids is 4. The predicted molar refractivity (Wildman–Crippen MR) is 134 cm³/mol. The van der Waals surface area contributed by atoms with Crippen LogP contribution in [0.15, 0.2) is 23.8 Å². The summed E-state index contributed by atoms with van der Waals surface area (Å²) in [6, 6.07) is 0. The zero-order chi connectivity index (χ0) is 27.2. The molecule has 0 saturated heterocycles. The third-order valence-electron chi connectivity index (χ3n) is 9.74. The van der Waals surface area contributed by atoms with E-state index in [2.05, 4.69) is 13.8 Å². The lowest BCUT2D eigenvalue weighted by molar-refractivity contribution is -0.202. The van der Waals surface area contributed by atoms with E-state index in [-0.39, 0.29) is 48.9 Å². The van der Waals surface area contributed by atoms with Gasteiger partial charge in [-0.2, -0.15) is 0 Å². The fraction of sp³-hybridized carbons (Fsp3) is 0.724. The molecular weight excluding hydrogens is 476 g/mol. The van der Waals surface area contributed by atoms with Gasteiger partial charge in [0.15, 0.2) is 18.0 Å². The Morgan fingerprint density at radius 3 is 2.62 bits per heavy atom. The molecule has 0 aromatic heterocycles. The van der Waals surface area contributed by atoms with Crippen LogP contribution in [0.2, 0.25) is 0 Å². The van der Waals surface area contributed by atoms with Gasteiger partial charge in [-0.15, -0.1) is 0 Å². The van der Waals surface area contributed by atoms with Crippen molar-refractivity contribution in [1.82, 2.24) is 0 Å². The molecule has 8 atom stereocenters. The molecule has 0 spiro atoms. The van der Waals surface area contributed by atoms with Gasteiger partial charge in [-0.25, -0.2) is 0 Å². The molecule has 3 saturated carbocycles. The first-order valence-electron chi connectivity index (χ1n) is 13.5. The summed E-state index contributed by atoms with van der Waals surface area (Å²) in [7, 11) is 0. The molecule has 0 bridgehead atoms. The molecule has 0 radical (unpaired) electrons. The molecule has 37 heavy (non-hydrogen) atoms. The highest BCUT2D eigenvalue weighted by molar-refractivity contribution is 6.01. The molecule has 0 heterocycles. The second-order valence-corrected chi connectivity index (χ2v) is 11.7.